The van der Waals surface area contributed by atoms with Gasteiger partial charge in [-0.3, -0.25) is 14.5 Å². The lowest BCUT2D eigenvalue weighted by Crippen LogP contribution is -2.35. The van der Waals surface area contributed by atoms with Gasteiger partial charge in [-0.2, -0.15) is 0 Å². The van der Waals surface area contributed by atoms with Crippen LogP contribution in [0.4, 0.5) is 11.4 Å². The number of hydrogen-bond acceptors (Lipinski definition) is 4. The molecular weight excluding hydrogens is 378 g/mol. The van der Waals surface area contributed by atoms with Gasteiger partial charge in [-0.15, -0.1) is 0 Å². The van der Waals surface area contributed by atoms with Gasteiger partial charge in [-0.25, -0.2) is 0 Å². The van der Waals surface area contributed by atoms with E-state index in [4.69, 9.17) is 4.74 Å². The van der Waals surface area contributed by atoms with E-state index in [9.17, 15) is 9.59 Å². The molecule has 2 aromatic rings. The first kappa shape index (κ1) is 23.4. The van der Waals surface area contributed by atoms with E-state index < -0.39 is 0 Å². The van der Waals surface area contributed by atoms with Crippen molar-refractivity contribution >= 4 is 23.2 Å². The summed E-state index contributed by atoms with van der Waals surface area (Å²) in [6, 6.07) is 14.8. The van der Waals surface area contributed by atoms with Crippen molar-refractivity contribution in [2.75, 3.05) is 38.2 Å². The van der Waals surface area contributed by atoms with Gasteiger partial charge in [-0.1, -0.05) is 39.0 Å². The van der Waals surface area contributed by atoms with Gasteiger partial charge in [0.05, 0.1) is 18.4 Å². The second kappa shape index (κ2) is 12.0. The third-order valence-corrected chi connectivity index (χ3v) is 5.02. The zero-order valence-corrected chi connectivity index (χ0v) is 18.5. The van der Waals surface area contributed by atoms with Crippen LogP contribution in [0.1, 0.15) is 44.0 Å². The molecule has 0 saturated heterocycles. The van der Waals surface area contributed by atoms with E-state index in [0.29, 0.717) is 30.0 Å². The Morgan fingerprint density at radius 2 is 1.67 bits per heavy atom. The van der Waals surface area contributed by atoms with Crippen LogP contribution in [-0.2, 0) is 4.79 Å². The average molecular weight is 412 g/mol. The number of para-hydroxylation sites is 1. The number of carbonyl (C=O) groups excluding carboxylic acids is 2. The van der Waals surface area contributed by atoms with Crippen LogP contribution >= 0.6 is 0 Å². The number of benzene rings is 2. The third-order valence-electron chi connectivity index (χ3n) is 5.02. The molecular formula is C24H33N3O3. The van der Waals surface area contributed by atoms with Crippen LogP contribution in [0.3, 0.4) is 0 Å². The first-order valence-electron chi connectivity index (χ1n) is 10.6. The number of methoxy groups -OCH3 is 1. The number of hydrogen-bond donors (Lipinski definition) is 1. The first-order chi connectivity index (χ1) is 14.5. The van der Waals surface area contributed by atoms with E-state index in [1.165, 1.54) is 7.11 Å². The molecule has 2 amide bonds. The predicted octanol–water partition coefficient (Wildman–Crippen LogP) is 4.23. The van der Waals surface area contributed by atoms with E-state index in [1.54, 1.807) is 23.1 Å². The quantitative estimate of drug-likeness (QED) is 0.601. The second-order valence-corrected chi connectivity index (χ2v) is 6.98. The fraction of sp³-hybridized carbons (Fsp3) is 0.417. The number of likely N-dealkylation sites (N-methyl/N-ethyl adjacent to an activating group) is 1. The number of rotatable bonds is 11. The monoisotopic (exact) mass is 411 g/mol. The number of ether oxygens (including phenoxy) is 1. The minimum atomic E-state index is -0.184. The molecule has 0 aliphatic carbocycles. The molecule has 0 saturated carbocycles. The van der Waals surface area contributed by atoms with E-state index in [2.05, 4.69) is 24.1 Å². The van der Waals surface area contributed by atoms with Crippen molar-refractivity contribution in [3.63, 3.8) is 0 Å². The van der Waals surface area contributed by atoms with Crippen LogP contribution in [0.15, 0.2) is 48.5 Å². The summed E-state index contributed by atoms with van der Waals surface area (Å²) in [6.45, 7) is 9.45. The van der Waals surface area contributed by atoms with Crippen LogP contribution in [-0.4, -0.2) is 50.0 Å². The second-order valence-electron chi connectivity index (χ2n) is 6.98. The molecule has 0 aliphatic heterocycles. The van der Waals surface area contributed by atoms with Gasteiger partial charge in [0.1, 0.15) is 5.75 Å². The van der Waals surface area contributed by atoms with Gasteiger partial charge in [0, 0.05) is 31.3 Å². The normalized spacial score (nSPS) is 10.7. The lowest BCUT2D eigenvalue weighted by atomic mass is 10.1. The van der Waals surface area contributed by atoms with Crippen LogP contribution in [0.2, 0.25) is 0 Å². The van der Waals surface area contributed by atoms with Gasteiger partial charge < -0.3 is 15.0 Å². The minimum absolute atomic E-state index is 0.00202. The maximum Gasteiger partial charge on any atom is 0.255 e. The molecule has 0 bridgehead atoms. The zero-order valence-electron chi connectivity index (χ0n) is 18.5. The Labute approximate surface area is 179 Å². The van der Waals surface area contributed by atoms with E-state index >= 15 is 0 Å². The third kappa shape index (κ3) is 6.07. The topological polar surface area (TPSA) is 61.9 Å². The highest BCUT2D eigenvalue weighted by Gasteiger charge is 2.20. The Kier molecular flexibility index (Phi) is 9.35. The van der Waals surface area contributed by atoms with Crippen molar-refractivity contribution in [1.29, 1.82) is 0 Å². The van der Waals surface area contributed by atoms with Crippen molar-refractivity contribution in [2.45, 2.75) is 33.6 Å². The highest BCUT2D eigenvalue weighted by Crippen LogP contribution is 2.31. The summed E-state index contributed by atoms with van der Waals surface area (Å²) < 4.78 is 5.49. The number of carbonyl (C=O) groups is 2. The zero-order chi connectivity index (χ0) is 21.9. The minimum Gasteiger partial charge on any atom is -0.496 e. The van der Waals surface area contributed by atoms with Crippen LogP contribution in [0.5, 0.6) is 5.75 Å². The molecule has 0 unspecified atom stereocenters. The maximum absolute atomic E-state index is 12.8. The van der Waals surface area contributed by atoms with Crippen LogP contribution in [0, 0.1) is 0 Å². The fourth-order valence-electron chi connectivity index (χ4n) is 3.31. The van der Waals surface area contributed by atoms with Gasteiger partial charge in [0.25, 0.3) is 5.91 Å². The van der Waals surface area contributed by atoms with Gasteiger partial charge in [0.2, 0.25) is 5.91 Å². The molecule has 162 valence electrons. The molecule has 6 nitrogen and oxygen atoms in total. The van der Waals surface area contributed by atoms with Gasteiger partial charge in [-0.05, 0) is 43.8 Å². The van der Waals surface area contributed by atoms with Crippen molar-refractivity contribution in [2.24, 2.45) is 0 Å². The van der Waals surface area contributed by atoms with E-state index in [1.807, 2.05) is 37.3 Å². The lowest BCUT2D eigenvalue weighted by molar-refractivity contribution is -0.117. The number of amides is 2. The first-order valence-corrected chi connectivity index (χ1v) is 10.6. The summed E-state index contributed by atoms with van der Waals surface area (Å²) in [5, 5.41) is 2.96. The predicted molar refractivity (Wildman–Crippen MR) is 122 cm³/mol. The standard InChI is InChI=1S/C24H33N3O3/c1-5-11-23(28)27(19-12-9-8-10-13-19)20-14-15-21(22(18-20)30-4)24(29)25-16-17-26(6-2)7-3/h8-10,12-15,18H,5-7,11,16-17H2,1-4H3,(H,25,29). The fourth-order valence-corrected chi connectivity index (χ4v) is 3.31. The molecule has 2 rings (SSSR count). The largest absolute Gasteiger partial charge is 0.496 e. The van der Waals surface area contributed by atoms with Crippen LogP contribution in [0.25, 0.3) is 0 Å². The molecule has 30 heavy (non-hydrogen) atoms. The highest BCUT2D eigenvalue weighted by molar-refractivity contribution is 6.02. The van der Waals surface area contributed by atoms with Crippen molar-refractivity contribution in [1.82, 2.24) is 10.2 Å². The number of anilines is 2. The summed E-state index contributed by atoms with van der Waals surface area (Å²) in [7, 11) is 1.53. The molecule has 1 N–H and O–H groups in total. The molecule has 6 heteroatoms. The highest BCUT2D eigenvalue weighted by atomic mass is 16.5. The molecule has 0 radical (unpaired) electrons. The maximum atomic E-state index is 12.8. The molecule has 0 fully saturated rings. The Hall–Kier alpha value is -2.86. The summed E-state index contributed by atoms with van der Waals surface area (Å²) >= 11 is 0. The summed E-state index contributed by atoms with van der Waals surface area (Å²) in [5.74, 6) is 0.261. The molecule has 0 heterocycles. The van der Waals surface area contributed by atoms with Gasteiger partial charge in [0.15, 0.2) is 0 Å². The molecule has 2 aromatic carbocycles. The van der Waals surface area contributed by atoms with E-state index in [-0.39, 0.29) is 11.8 Å². The Balaban J connectivity index is 2.25. The average Bonchev–Trinajstić information content (AvgIpc) is 2.77. The SMILES string of the molecule is CCCC(=O)N(c1ccccc1)c1ccc(C(=O)NCCN(CC)CC)c(OC)c1. The van der Waals surface area contributed by atoms with Gasteiger partial charge >= 0.3 is 0 Å². The number of nitrogens with one attached hydrogen (secondary N) is 1. The van der Waals surface area contributed by atoms with E-state index in [0.717, 1.165) is 31.7 Å². The molecule has 0 aliphatic rings. The Morgan fingerprint density at radius 3 is 2.27 bits per heavy atom. The van der Waals surface area contributed by atoms with Crippen LogP contribution < -0.4 is 15.0 Å². The lowest BCUT2D eigenvalue weighted by Gasteiger charge is -2.24. The number of nitrogens with zero attached hydrogens (tertiary/aromatic N) is 2. The van der Waals surface area contributed by atoms with Crippen molar-refractivity contribution in [3.05, 3.63) is 54.1 Å². The Morgan fingerprint density at radius 1 is 0.967 bits per heavy atom. The summed E-state index contributed by atoms with van der Waals surface area (Å²) in [4.78, 5) is 29.4. The molecule has 0 spiro atoms. The molecule has 0 atom stereocenters. The smallest absolute Gasteiger partial charge is 0.255 e. The Bertz CT molecular complexity index is 820. The van der Waals surface area contributed by atoms with Crippen molar-refractivity contribution in [3.8, 4) is 5.75 Å². The van der Waals surface area contributed by atoms with Crippen molar-refractivity contribution < 1.29 is 14.3 Å². The molecule has 0 aromatic heterocycles. The summed E-state index contributed by atoms with van der Waals surface area (Å²) in [6.07, 6.45) is 1.19. The summed E-state index contributed by atoms with van der Waals surface area (Å²) in [5.41, 5.74) is 1.92.